The van der Waals surface area contributed by atoms with Gasteiger partial charge in [-0.1, -0.05) is 33.1 Å². The number of hydrogen-bond donors (Lipinski definition) is 1. The van der Waals surface area contributed by atoms with E-state index in [2.05, 4.69) is 19.2 Å². The highest BCUT2D eigenvalue weighted by Gasteiger charge is 2.09. The van der Waals surface area contributed by atoms with Crippen molar-refractivity contribution >= 4 is 5.91 Å². The summed E-state index contributed by atoms with van der Waals surface area (Å²) < 4.78 is 0. The zero-order chi connectivity index (χ0) is 14.1. The molecular weight excluding hydrogens is 236 g/mol. The average Bonchev–Trinajstić information content (AvgIpc) is 2.47. The molecule has 0 heterocycles. The van der Waals surface area contributed by atoms with Crippen molar-refractivity contribution in [2.24, 2.45) is 5.92 Å². The van der Waals surface area contributed by atoms with E-state index in [9.17, 15) is 4.79 Å². The molecule has 1 amide bonds. The van der Waals surface area contributed by atoms with Gasteiger partial charge in [-0.25, -0.2) is 0 Å². The van der Waals surface area contributed by atoms with Crippen LogP contribution in [-0.4, -0.2) is 12.5 Å². The zero-order valence-corrected chi connectivity index (χ0v) is 11.8. The van der Waals surface area contributed by atoms with Gasteiger partial charge in [-0.05, 0) is 36.6 Å². The van der Waals surface area contributed by atoms with Crippen molar-refractivity contribution in [2.45, 2.75) is 39.5 Å². The molecule has 102 valence electrons. The molecule has 0 aliphatic heterocycles. The quantitative estimate of drug-likeness (QED) is 0.813. The molecule has 1 rings (SSSR count). The van der Waals surface area contributed by atoms with Crippen LogP contribution in [0.5, 0.6) is 0 Å². The van der Waals surface area contributed by atoms with Gasteiger partial charge in [0.15, 0.2) is 0 Å². The van der Waals surface area contributed by atoms with E-state index in [0.717, 1.165) is 13.0 Å². The first kappa shape index (κ1) is 15.2. The molecule has 3 heteroatoms. The van der Waals surface area contributed by atoms with Gasteiger partial charge in [0, 0.05) is 12.1 Å². The van der Waals surface area contributed by atoms with Crippen LogP contribution in [0.25, 0.3) is 0 Å². The topological polar surface area (TPSA) is 52.9 Å². The van der Waals surface area contributed by atoms with Crippen molar-refractivity contribution in [2.75, 3.05) is 6.54 Å². The van der Waals surface area contributed by atoms with Gasteiger partial charge in [0.05, 0.1) is 11.6 Å². The van der Waals surface area contributed by atoms with Gasteiger partial charge < -0.3 is 5.32 Å². The Kier molecular flexibility index (Phi) is 6.67. The molecule has 1 N–H and O–H groups in total. The molecule has 1 aromatic carbocycles. The first-order chi connectivity index (χ1) is 9.21. The summed E-state index contributed by atoms with van der Waals surface area (Å²) in [6.07, 6.45) is 4.67. The van der Waals surface area contributed by atoms with Gasteiger partial charge >= 0.3 is 0 Å². The molecule has 0 aliphatic carbocycles. The number of carbonyl (C=O) groups excluding carboxylic acids is 1. The van der Waals surface area contributed by atoms with E-state index in [1.165, 1.54) is 19.3 Å². The van der Waals surface area contributed by atoms with Gasteiger partial charge in [-0.15, -0.1) is 0 Å². The number of rotatable bonds is 7. The summed E-state index contributed by atoms with van der Waals surface area (Å²) in [5, 5.41) is 11.7. The standard InChI is InChI=1S/C16H22N2O/c1-3-5-6-13(4-2)12-18-16(19)15-9-7-14(11-17)8-10-15/h7-10,13H,3-6,12H2,1-2H3,(H,18,19). The minimum Gasteiger partial charge on any atom is -0.352 e. The van der Waals surface area contributed by atoms with Crippen LogP contribution >= 0.6 is 0 Å². The third kappa shape index (κ3) is 5.13. The monoisotopic (exact) mass is 258 g/mol. The van der Waals surface area contributed by atoms with E-state index >= 15 is 0 Å². The molecular formula is C16H22N2O. The van der Waals surface area contributed by atoms with Crippen LogP contribution in [0, 0.1) is 17.2 Å². The maximum absolute atomic E-state index is 11.9. The number of nitriles is 1. The lowest BCUT2D eigenvalue weighted by molar-refractivity contribution is 0.0946. The van der Waals surface area contributed by atoms with Gasteiger partial charge in [0.1, 0.15) is 0 Å². The minimum absolute atomic E-state index is 0.0561. The minimum atomic E-state index is -0.0561. The fraction of sp³-hybridized carbons (Fsp3) is 0.500. The van der Waals surface area contributed by atoms with Gasteiger partial charge in [-0.3, -0.25) is 4.79 Å². The highest BCUT2D eigenvalue weighted by molar-refractivity contribution is 5.94. The number of benzene rings is 1. The second kappa shape index (κ2) is 8.31. The zero-order valence-electron chi connectivity index (χ0n) is 11.8. The Balaban J connectivity index is 2.47. The van der Waals surface area contributed by atoms with Crippen molar-refractivity contribution in [3.63, 3.8) is 0 Å². The molecule has 0 fully saturated rings. The van der Waals surface area contributed by atoms with Crippen LogP contribution in [-0.2, 0) is 0 Å². The Hall–Kier alpha value is -1.82. The summed E-state index contributed by atoms with van der Waals surface area (Å²) in [4.78, 5) is 11.9. The number of nitrogens with zero attached hydrogens (tertiary/aromatic N) is 1. The van der Waals surface area contributed by atoms with Crippen molar-refractivity contribution in [1.29, 1.82) is 5.26 Å². The molecule has 0 aliphatic rings. The van der Waals surface area contributed by atoms with Crippen LogP contribution in [0.4, 0.5) is 0 Å². The summed E-state index contributed by atoms with van der Waals surface area (Å²) in [7, 11) is 0. The Morgan fingerprint density at radius 2 is 2.00 bits per heavy atom. The van der Waals surface area contributed by atoms with Crippen molar-refractivity contribution in [3.8, 4) is 6.07 Å². The first-order valence-corrected chi connectivity index (χ1v) is 6.99. The molecule has 1 atom stereocenters. The van der Waals surface area contributed by atoms with E-state index in [1.54, 1.807) is 24.3 Å². The van der Waals surface area contributed by atoms with Gasteiger partial charge in [0.2, 0.25) is 0 Å². The molecule has 0 saturated heterocycles. The average molecular weight is 258 g/mol. The van der Waals surface area contributed by atoms with Crippen LogP contribution in [0.1, 0.15) is 55.5 Å². The normalized spacial score (nSPS) is 11.6. The largest absolute Gasteiger partial charge is 0.352 e. The molecule has 0 radical (unpaired) electrons. The predicted molar refractivity (Wildman–Crippen MR) is 76.8 cm³/mol. The molecule has 0 aromatic heterocycles. The van der Waals surface area contributed by atoms with Crippen molar-refractivity contribution in [3.05, 3.63) is 35.4 Å². The predicted octanol–water partition coefficient (Wildman–Crippen LogP) is 3.50. The fourth-order valence-corrected chi connectivity index (χ4v) is 1.98. The molecule has 0 saturated carbocycles. The Morgan fingerprint density at radius 3 is 2.53 bits per heavy atom. The second-order valence-corrected chi connectivity index (χ2v) is 4.82. The fourth-order valence-electron chi connectivity index (χ4n) is 1.98. The third-order valence-corrected chi connectivity index (χ3v) is 3.37. The van der Waals surface area contributed by atoms with E-state index < -0.39 is 0 Å². The van der Waals surface area contributed by atoms with Crippen LogP contribution in [0.15, 0.2) is 24.3 Å². The van der Waals surface area contributed by atoms with Crippen LogP contribution < -0.4 is 5.32 Å². The summed E-state index contributed by atoms with van der Waals surface area (Å²) >= 11 is 0. The highest BCUT2D eigenvalue weighted by Crippen LogP contribution is 2.11. The van der Waals surface area contributed by atoms with Crippen LogP contribution in [0.2, 0.25) is 0 Å². The summed E-state index contributed by atoms with van der Waals surface area (Å²) in [6.45, 7) is 5.07. The van der Waals surface area contributed by atoms with Gasteiger partial charge in [0.25, 0.3) is 5.91 Å². The molecule has 19 heavy (non-hydrogen) atoms. The lowest BCUT2D eigenvalue weighted by atomic mass is 9.99. The SMILES string of the molecule is CCCCC(CC)CNC(=O)c1ccc(C#N)cc1. The number of hydrogen-bond acceptors (Lipinski definition) is 2. The maximum Gasteiger partial charge on any atom is 0.251 e. The van der Waals surface area contributed by atoms with Crippen LogP contribution in [0.3, 0.4) is 0 Å². The van der Waals surface area contributed by atoms with E-state index in [1.807, 2.05) is 6.07 Å². The Labute approximate surface area is 115 Å². The van der Waals surface area contributed by atoms with Crippen molar-refractivity contribution < 1.29 is 4.79 Å². The summed E-state index contributed by atoms with van der Waals surface area (Å²) in [5.74, 6) is 0.502. The summed E-state index contributed by atoms with van der Waals surface area (Å²) in [6, 6.07) is 8.77. The van der Waals surface area contributed by atoms with E-state index in [4.69, 9.17) is 5.26 Å². The molecule has 0 spiro atoms. The number of amides is 1. The lowest BCUT2D eigenvalue weighted by Crippen LogP contribution is -2.29. The summed E-state index contributed by atoms with van der Waals surface area (Å²) in [5.41, 5.74) is 1.19. The maximum atomic E-state index is 11.9. The van der Waals surface area contributed by atoms with E-state index in [-0.39, 0.29) is 5.91 Å². The second-order valence-electron chi connectivity index (χ2n) is 4.82. The third-order valence-electron chi connectivity index (χ3n) is 3.37. The number of unbranched alkanes of at least 4 members (excludes halogenated alkanes) is 1. The lowest BCUT2D eigenvalue weighted by Gasteiger charge is -2.15. The molecule has 1 unspecified atom stereocenters. The molecule has 1 aromatic rings. The Morgan fingerprint density at radius 1 is 1.32 bits per heavy atom. The highest BCUT2D eigenvalue weighted by atomic mass is 16.1. The van der Waals surface area contributed by atoms with E-state index in [0.29, 0.717) is 17.0 Å². The number of carbonyl (C=O) groups is 1. The smallest absolute Gasteiger partial charge is 0.251 e. The number of nitrogens with one attached hydrogen (secondary N) is 1. The van der Waals surface area contributed by atoms with Crippen molar-refractivity contribution in [1.82, 2.24) is 5.32 Å². The molecule has 3 nitrogen and oxygen atoms in total. The van der Waals surface area contributed by atoms with Gasteiger partial charge in [-0.2, -0.15) is 5.26 Å². The Bertz CT molecular complexity index is 431. The first-order valence-electron chi connectivity index (χ1n) is 6.99. The molecule has 0 bridgehead atoms.